The minimum Gasteiger partial charge on any atom is -0.350 e. The number of nitrogens with two attached hydrogens (primary N) is 1. The van der Waals surface area contributed by atoms with Crippen molar-refractivity contribution in [3.05, 3.63) is 52.6 Å². The second-order valence-corrected chi connectivity index (χ2v) is 4.47. The molecule has 0 aliphatic carbocycles. The van der Waals surface area contributed by atoms with E-state index >= 15 is 0 Å². The van der Waals surface area contributed by atoms with E-state index < -0.39 is 11.0 Å². The monoisotopic (exact) mass is 305 g/mol. The first-order valence-electron chi connectivity index (χ1n) is 6.51. The van der Waals surface area contributed by atoms with Crippen molar-refractivity contribution in [3.8, 4) is 5.69 Å². The third-order valence-corrected chi connectivity index (χ3v) is 2.83. The van der Waals surface area contributed by atoms with Crippen LogP contribution >= 0.6 is 0 Å². The van der Waals surface area contributed by atoms with Gasteiger partial charge in [-0.2, -0.15) is 0 Å². The highest BCUT2D eigenvalue weighted by Gasteiger charge is 2.07. The lowest BCUT2D eigenvalue weighted by Crippen LogP contribution is -2.29. The molecule has 0 radical (unpaired) electrons. The molecule has 1 aromatic heterocycles. The molecule has 0 fully saturated rings. The molecule has 2 aromatic rings. The Morgan fingerprint density at radius 3 is 3.05 bits per heavy atom. The summed E-state index contributed by atoms with van der Waals surface area (Å²) in [7, 11) is 0. The topological polar surface area (TPSA) is 125 Å². The van der Waals surface area contributed by atoms with Crippen molar-refractivity contribution in [3.63, 3.8) is 0 Å². The summed E-state index contributed by atoms with van der Waals surface area (Å²) < 4.78 is 1.71. The van der Waals surface area contributed by atoms with Crippen molar-refractivity contribution >= 4 is 11.7 Å². The lowest BCUT2D eigenvalue weighted by atomic mass is 10.2. The second-order valence-electron chi connectivity index (χ2n) is 4.47. The Labute approximate surface area is 125 Å². The number of nitrogens with zero attached hydrogens (tertiary/aromatic N) is 3. The lowest BCUT2D eigenvalue weighted by molar-refractivity contribution is -0.384. The molecule has 0 bridgehead atoms. The molecule has 0 unspecified atom stereocenters. The number of nitro groups is 1. The number of nitro benzene ring substituents is 1. The van der Waals surface area contributed by atoms with Crippen LogP contribution in [-0.2, 0) is 11.3 Å². The first-order chi connectivity index (χ1) is 10.6. The SMILES string of the molecule is NC(=O)NOCCCc1cn(-c2cccc([N+](=O)[O-])c2)cn1. The van der Waals surface area contributed by atoms with Gasteiger partial charge in [-0.15, -0.1) is 0 Å². The maximum absolute atomic E-state index is 10.8. The smallest absolute Gasteiger partial charge is 0.336 e. The van der Waals surface area contributed by atoms with Gasteiger partial charge in [-0.1, -0.05) is 6.07 Å². The summed E-state index contributed by atoms with van der Waals surface area (Å²) in [5, 5.41) is 10.8. The van der Waals surface area contributed by atoms with Crippen LogP contribution in [0.1, 0.15) is 12.1 Å². The summed E-state index contributed by atoms with van der Waals surface area (Å²) in [5.74, 6) is 0. The van der Waals surface area contributed by atoms with Gasteiger partial charge in [0, 0.05) is 18.3 Å². The maximum Gasteiger partial charge on any atom is 0.336 e. The fourth-order valence-corrected chi connectivity index (χ4v) is 1.85. The van der Waals surface area contributed by atoms with Crippen molar-refractivity contribution in [2.75, 3.05) is 6.61 Å². The summed E-state index contributed by atoms with van der Waals surface area (Å²) in [6.45, 7) is 0.312. The number of rotatable bonds is 7. The van der Waals surface area contributed by atoms with Gasteiger partial charge in [0.2, 0.25) is 0 Å². The number of non-ortho nitro benzene ring substituents is 1. The number of hydroxylamine groups is 1. The molecule has 0 aliphatic rings. The zero-order valence-corrected chi connectivity index (χ0v) is 11.6. The van der Waals surface area contributed by atoms with Gasteiger partial charge in [0.15, 0.2) is 0 Å². The van der Waals surface area contributed by atoms with Gasteiger partial charge >= 0.3 is 6.03 Å². The molecule has 9 nitrogen and oxygen atoms in total. The van der Waals surface area contributed by atoms with Crippen LogP contribution in [0.2, 0.25) is 0 Å². The number of carbonyl (C=O) groups excluding carboxylic acids is 1. The summed E-state index contributed by atoms with van der Waals surface area (Å²) in [5.41, 5.74) is 8.38. The Balaban J connectivity index is 1.92. The highest BCUT2D eigenvalue weighted by atomic mass is 16.7. The maximum atomic E-state index is 10.8. The molecule has 1 heterocycles. The quantitative estimate of drug-likeness (QED) is 0.453. The van der Waals surface area contributed by atoms with E-state index in [1.807, 2.05) is 5.48 Å². The van der Waals surface area contributed by atoms with Gasteiger partial charge in [0.1, 0.15) is 0 Å². The molecule has 0 saturated heterocycles. The number of nitrogens with one attached hydrogen (secondary N) is 1. The number of aromatic nitrogens is 2. The number of amides is 2. The fourth-order valence-electron chi connectivity index (χ4n) is 1.85. The number of imidazole rings is 1. The lowest BCUT2D eigenvalue weighted by Gasteiger charge is -2.02. The highest BCUT2D eigenvalue weighted by Crippen LogP contribution is 2.17. The summed E-state index contributed by atoms with van der Waals surface area (Å²) in [6.07, 6.45) is 4.67. The van der Waals surface area contributed by atoms with E-state index in [4.69, 9.17) is 10.6 Å². The van der Waals surface area contributed by atoms with Gasteiger partial charge in [-0.05, 0) is 18.9 Å². The Bertz CT molecular complexity index is 670. The standard InChI is InChI=1S/C13H15N5O4/c14-13(19)16-22-6-2-3-10-8-17(9-15-10)11-4-1-5-12(7-11)18(20)21/h1,4-5,7-9H,2-3,6H2,(H3,14,16,19). The van der Waals surface area contributed by atoms with Gasteiger partial charge in [0.05, 0.1) is 29.2 Å². The Kier molecular flexibility index (Phi) is 5.04. The second kappa shape index (κ2) is 7.18. The molecule has 1 aromatic carbocycles. The zero-order chi connectivity index (χ0) is 15.9. The van der Waals surface area contributed by atoms with Gasteiger partial charge in [0.25, 0.3) is 5.69 Å². The van der Waals surface area contributed by atoms with Crippen molar-refractivity contribution in [2.24, 2.45) is 5.73 Å². The van der Waals surface area contributed by atoms with Gasteiger partial charge in [-0.25, -0.2) is 15.3 Å². The number of carbonyl (C=O) groups is 1. The molecule has 0 spiro atoms. The minimum atomic E-state index is -0.741. The third kappa shape index (κ3) is 4.28. The van der Waals surface area contributed by atoms with E-state index in [-0.39, 0.29) is 5.69 Å². The van der Waals surface area contributed by atoms with Crippen LogP contribution in [0.25, 0.3) is 5.69 Å². The van der Waals surface area contributed by atoms with Crippen molar-refractivity contribution < 1.29 is 14.6 Å². The van der Waals surface area contributed by atoms with Crippen molar-refractivity contribution in [1.29, 1.82) is 0 Å². The molecule has 22 heavy (non-hydrogen) atoms. The molecule has 116 valence electrons. The van der Waals surface area contributed by atoms with Crippen LogP contribution in [-0.4, -0.2) is 27.1 Å². The van der Waals surface area contributed by atoms with E-state index in [0.717, 1.165) is 5.69 Å². The largest absolute Gasteiger partial charge is 0.350 e. The first kappa shape index (κ1) is 15.4. The highest BCUT2D eigenvalue weighted by molar-refractivity contribution is 5.70. The number of urea groups is 1. The molecule has 3 N–H and O–H groups in total. The van der Waals surface area contributed by atoms with E-state index in [0.29, 0.717) is 25.1 Å². The van der Waals surface area contributed by atoms with E-state index in [2.05, 4.69) is 4.98 Å². The molecule has 0 aliphatic heterocycles. The minimum absolute atomic E-state index is 0.0266. The molecule has 0 saturated carbocycles. The molecular formula is C13H15N5O4. The van der Waals surface area contributed by atoms with Crippen molar-refractivity contribution in [2.45, 2.75) is 12.8 Å². The fraction of sp³-hybridized carbons (Fsp3) is 0.231. The van der Waals surface area contributed by atoms with Gasteiger partial charge in [-0.3, -0.25) is 15.0 Å². The zero-order valence-electron chi connectivity index (χ0n) is 11.6. The van der Waals surface area contributed by atoms with Crippen LogP contribution < -0.4 is 11.2 Å². The molecule has 9 heteroatoms. The average molecular weight is 305 g/mol. The predicted octanol–water partition coefficient (Wildman–Crippen LogP) is 1.31. The average Bonchev–Trinajstić information content (AvgIpc) is 2.95. The molecule has 2 amide bonds. The molecule has 2 rings (SSSR count). The molecular weight excluding hydrogens is 290 g/mol. The van der Waals surface area contributed by atoms with Crippen molar-refractivity contribution in [1.82, 2.24) is 15.0 Å². The summed E-state index contributed by atoms with van der Waals surface area (Å²) in [6, 6.07) is 5.56. The number of hydrogen-bond acceptors (Lipinski definition) is 5. The number of benzene rings is 1. The van der Waals surface area contributed by atoms with Crippen LogP contribution in [0.5, 0.6) is 0 Å². The van der Waals surface area contributed by atoms with E-state index in [1.54, 1.807) is 29.2 Å². The number of aryl methyl sites for hydroxylation is 1. The number of hydrogen-bond donors (Lipinski definition) is 2. The first-order valence-corrected chi connectivity index (χ1v) is 6.51. The summed E-state index contributed by atoms with van der Waals surface area (Å²) in [4.78, 5) is 29.8. The molecule has 0 atom stereocenters. The Hall–Kier alpha value is -2.94. The summed E-state index contributed by atoms with van der Waals surface area (Å²) >= 11 is 0. The van der Waals surface area contributed by atoms with E-state index in [1.165, 1.54) is 12.1 Å². The van der Waals surface area contributed by atoms with Crippen LogP contribution in [0.15, 0.2) is 36.8 Å². The normalized spacial score (nSPS) is 10.4. The third-order valence-electron chi connectivity index (χ3n) is 2.83. The van der Waals surface area contributed by atoms with Gasteiger partial charge < -0.3 is 10.3 Å². The number of primary amides is 1. The predicted molar refractivity (Wildman–Crippen MR) is 77.2 cm³/mol. The van der Waals surface area contributed by atoms with Crippen LogP contribution in [0, 0.1) is 10.1 Å². The van der Waals surface area contributed by atoms with Crippen LogP contribution in [0.3, 0.4) is 0 Å². The van der Waals surface area contributed by atoms with E-state index in [9.17, 15) is 14.9 Å². The van der Waals surface area contributed by atoms with Crippen LogP contribution in [0.4, 0.5) is 10.5 Å². The Morgan fingerprint density at radius 1 is 1.50 bits per heavy atom. The Morgan fingerprint density at radius 2 is 2.32 bits per heavy atom.